The van der Waals surface area contributed by atoms with Crippen molar-refractivity contribution in [2.24, 2.45) is 11.1 Å². The number of fused-ring (bicyclic) bond motifs is 4. The van der Waals surface area contributed by atoms with Gasteiger partial charge in [-0.15, -0.1) is 23.1 Å². The van der Waals surface area contributed by atoms with Gasteiger partial charge in [0.05, 0.1) is 24.8 Å². The summed E-state index contributed by atoms with van der Waals surface area (Å²) in [4.78, 5) is 48.2. The van der Waals surface area contributed by atoms with E-state index < -0.39 is 29.2 Å². The van der Waals surface area contributed by atoms with Crippen molar-refractivity contribution in [1.29, 1.82) is 0 Å². The van der Waals surface area contributed by atoms with Crippen LogP contribution in [0.4, 0.5) is 5.13 Å². The number of thioether (sulfide) groups is 1. The van der Waals surface area contributed by atoms with Crippen LogP contribution in [0, 0.1) is 5.92 Å². The van der Waals surface area contributed by atoms with Crippen LogP contribution in [0.25, 0.3) is 0 Å². The van der Waals surface area contributed by atoms with Crippen LogP contribution >= 0.6 is 23.1 Å². The molecule has 6 rings (SSSR count). The van der Waals surface area contributed by atoms with Gasteiger partial charge in [0.1, 0.15) is 37.3 Å². The number of anilines is 1. The Morgan fingerprint density at radius 2 is 2.17 bits per heavy atom. The average molecular weight is 519 g/mol. The third-order valence-corrected chi connectivity index (χ3v) is 9.25. The van der Waals surface area contributed by atoms with Crippen LogP contribution in [-0.2, 0) is 19.2 Å². The molecule has 0 radical (unpaired) electrons. The minimum atomic E-state index is -1.37. The van der Waals surface area contributed by atoms with E-state index in [1.165, 1.54) is 29.3 Å². The van der Waals surface area contributed by atoms with Gasteiger partial charge in [0.2, 0.25) is 0 Å². The van der Waals surface area contributed by atoms with Gasteiger partial charge < -0.3 is 30.3 Å². The van der Waals surface area contributed by atoms with E-state index in [4.69, 9.17) is 10.6 Å². The molecule has 2 atom stereocenters. The Bertz CT molecular complexity index is 1170. The molecule has 3 N–H and O–H groups in total. The Morgan fingerprint density at radius 1 is 1.43 bits per heavy atom. The number of carboxylic acids is 1. The van der Waals surface area contributed by atoms with E-state index in [1.54, 1.807) is 5.38 Å². The number of nitrogens with two attached hydrogens (primary N) is 1. The number of aliphatic carboxylic acids is 1. The van der Waals surface area contributed by atoms with E-state index in [-0.39, 0.29) is 22.2 Å². The summed E-state index contributed by atoms with van der Waals surface area (Å²) >= 11 is 2.58. The number of quaternary nitrogens is 1. The predicted octanol–water partition coefficient (Wildman–Crippen LogP) is -0.724. The van der Waals surface area contributed by atoms with Crippen molar-refractivity contribution in [3.05, 3.63) is 34.5 Å². The first-order valence-corrected chi connectivity index (χ1v) is 13.2. The first-order chi connectivity index (χ1) is 16.7. The monoisotopic (exact) mass is 518 g/mol. The van der Waals surface area contributed by atoms with Crippen LogP contribution in [-0.4, -0.2) is 88.3 Å². The molecule has 0 unspecified atom stereocenters. The van der Waals surface area contributed by atoms with Crippen molar-refractivity contribution >= 4 is 51.7 Å². The molecule has 4 saturated heterocycles. The number of carbonyl (C=O) groups excluding carboxylic acids is 3. The number of nitrogen functional groups attached to an aromatic ring is 1. The summed E-state index contributed by atoms with van der Waals surface area (Å²) in [6, 6.07) is -0.904. The van der Waals surface area contributed by atoms with Crippen molar-refractivity contribution in [3.8, 4) is 0 Å². The average Bonchev–Trinajstić information content (AvgIpc) is 3.26. The fraction of sp³-hybridized carbons (Fsp3) is 0.500. The highest BCUT2D eigenvalue weighted by atomic mass is 32.2. The van der Waals surface area contributed by atoms with E-state index in [0.717, 1.165) is 48.3 Å². The SMILES string of the molecule is C=C1C[N+]2(CC3=C(C(=O)[O-])N4C(=O)[C@@H](NC(=O)/C(=N\OC)c5csc(N)n5)[C@H]4SC3)CCC1CC2. The lowest BCUT2D eigenvalue weighted by Crippen LogP contribution is -2.72. The number of hydrogen-bond donors (Lipinski definition) is 2. The fourth-order valence-corrected chi connectivity index (χ4v) is 7.44. The van der Waals surface area contributed by atoms with Gasteiger partial charge in [-0.1, -0.05) is 11.7 Å². The number of carboxylic acid groups (broad SMARTS) is 1. The van der Waals surface area contributed by atoms with Crippen LogP contribution in [0.5, 0.6) is 0 Å². The molecular weight excluding hydrogens is 492 g/mol. The quantitative estimate of drug-likeness (QED) is 0.158. The molecule has 2 amide bonds. The normalized spacial score (nSPS) is 30.1. The molecule has 5 aliphatic rings. The lowest BCUT2D eigenvalue weighted by molar-refractivity contribution is -0.931. The molecule has 13 heteroatoms. The van der Waals surface area contributed by atoms with Crippen LogP contribution in [0.3, 0.4) is 0 Å². The molecule has 1 aromatic heterocycles. The van der Waals surface area contributed by atoms with Crippen LogP contribution in [0.1, 0.15) is 18.5 Å². The summed E-state index contributed by atoms with van der Waals surface area (Å²) in [7, 11) is 1.29. The van der Waals surface area contributed by atoms with Gasteiger partial charge in [-0.05, 0) is 11.5 Å². The molecular formula is C22H26N6O5S2. The summed E-state index contributed by atoms with van der Waals surface area (Å²) in [5, 5.41) is 19.8. The van der Waals surface area contributed by atoms with Gasteiger partial charge in [-0.25, -0.2) is 4.98 Å². The number of nitrogens with zero attached hydrogens (tertiary/aromatic N) is 4. The number of thiazole rings is 1. The van der Waals surface area contributed by atoms with E-state index in [2.05, 4.69) is 22.0 Å². The molecule has 186 valence electrons. The summed E-state index contributed by atoms with van der Waals surface area (Å²) in [5.41, 5.74) is 7.64. The highest BCUT2D eigenvalue weighted by Crippen LogP contribution is 2.43. The topological polar surface area (TPSA) is 150 Å². The summed E-state index contributed by atoms with van der Waals surface area (Å²) in [6.45, 7) is 7.60. The third-order valence-electron chi connectivity index (χ3n) is 7.24. The van der Waals surface area contributed by atoms with Crippen LogP contribution < -0.4 is 16.2 Å². The maximum absolute atomic E-state index is 13.1. The van der Waals surface area contributed by atoms with Gasteiger partial charge in [0, 0.05) is 29.5 Å². The molecule has 4 fully saturated rings. The first kappa shape index (κ1) is 23.8. The van der Waals surface area contributed by atoms with Crippen LogP contribution in [0.2, 0.25) is 0 Å². The van der Waals surface area contributed by atoms with Gasteiger partial charge >= 0.3 is 0 Å². The van der Waals surface area contributed by atoms with Crippen molar-refractivity contribution < 1.29 is 28.8 Å². The number of aromatic nitrogens is 1. The lowest BCUT2D eigenvalue weighted by Gasteiger charge is -2.53. The van der Waals surface area contributed by atoms with Gasteiger partial charge in [-0.2, -0.15) is 0 Å². The summed E-state index contributed by atoms with van der Waals surface area (Å²) in [5.74, 6) is -1.51. The summed E-state index contributed by atoms with van der Waals surface area (Å²) in [6.07, 6.45) is 2.13. The second-order valence-electron chi connectivity index (χ2n) is 9.33. The Labute approximate surface area is 210 Å². The zero-order chi connectivity index (χ0) is 24.9. The number of oxime groups is 1. The number of piperidine rings is 3. The fourth-order valence-electron chi connectivity index (χ4n) is 5.56. The molecule has 0 aromatic carbocycles. The van der Waals surface area contributed by atoms with Crippen LogP contribution in [0.15, 0.2) is 34.0 Å². The number of β-lactam (4-membered cyclic amide) rings is 1. The molecule has 0 spiro atoms. The zero-order valence-electron chi connectivity index (χ0n) is 19.2. The number of carbonyl (C=O) groups is 3. The molecule has 5 aliphatic heterocycles. The van der Waals surface area contributed by atoms with Gasteiger partial charge in [-0.3, -0.25) is 14.5 Å². The summed E-state index contributed by atoms with van der Waals surface area (Å²) < 4.78 is 0.780. The molecule has 11 nitrogen and oxygen atoms in total. The van der Waals surface area contributed by atoms with Crippen molar-refractivity contribution in [3.63, 3.8) is 0 Å². The predicted molar refractivity (Wildman–Crippen MR) is 129 cm³/mol. The Morgan fingerprint density at radius 3 is 2.77 bits per heavy atom. The number of amides is 2. The van der Waals surface area contributed by atoms with E-state index in [9.17, 15) is 19.5 Å². The number of nitrogens with one attached hydrogen (secondary N) is 1. The smallest absolute Gasteiger partial charge is 0.276 e. The van der Waals surface area contributed by atoms with Gasteiger partial charge in [0.25, 0.3) is 11.8 Å². The Kier molecular flexibility index (Phi) is 6.09. The number of hydrogen-bond acceptors (Lipinski definition) is 10. The van der Waals surface area contributed by atoms with Crippen molar-refractivity contribution in [2.75, 3.05) is 44.8 Å². The van der Waals surface area contributed by atoms with E-state index in [1.807, 2.05) is 0 Å². The van der Waals surface area contributed by atoms with Crippen molar-refractivity contribution in [1.82, 2.24) is 15.2 Å². The first-order valence-electron chi connectivity index (χ1n) is 11.3. The molecule has 1 aromatic rings. The standard InChI is InChI=1S/C22H26N6O5S2/c1-11-7-28(5-3-12(11)4-6-28)8-13-9-34-20-16(19(30)27(20)17(13)21(31)32)25-18(29)15(26-33-2)14-10-35-22(23)24-14/h10,12,16,20H,1,3-9H2,2H3,(H3-,23,24,25,29,31,32)/b26-15-/t12?,16-,20-,28?/m1/s1. The Balaban J connectivity index is 1.34. The van der Waals surface area contributed by atoms with Gasteiger partial charge in [0.15, 0.2) is 10.8 Å². The molecule has 6 heterocycles. The lowest BCUT2D eigenvalue weighted by atomic mass is 9.82. The second kappa shape index (κ2) is 8.95. The minimum Gasteiger partial charge on any atom is -0.543 e. The second-order valence-corrected chi connectivity index (χ2v) is 11.3. The molecule has 0 saturated carbocycles. The molecule has 0 aliphatic carbocycles. The van der Waals surface area contributed by atoms with Crippen molar-refractivity contribution in [2.45, 2.75) is 24.3 Å². The highest BCUT2D eigenvalue weighted by molar-refractivity contribution is 8.00. The third kappa shape index (κ3) is 4.10. The molecule has 2 bridgehead atoms. The highest BCUT2D eigenvalue weighted by Gasteiger charge is 2.54. The maximum Gasteiger partial charge on any atom is 0.276 e. The van der Waals surface area contributed by atoms with E-state index in [0.29, 0.717) is 23.8 Å². The Hall–Kier alpha value is -2.90. The maximum atomic E-state index is 13.1. The molecule has 35 heavy (non-hydrogen) atoms. The number of rotatable bonds is 7. The largest absolute Gasteiger partial charge is 0.543 e. The zero-order valence-corrected chi connectivity index (χ0v) is 20.8. The van der Waals surface area contributed by atoms with E-state index >= 15 is 0 Å². The minimum absolute atomic E-state index is 0.0619.